The van der Waals surface area contributed by atoms with Crippen molar-refractivity contribution < 1.29 is 0 Å². The van der Waals surface area contributed by atoms with Gasteiger partial charge in [-0.25, -0.2) is 0 Å². The van der Waals surface area contributed by atoms with E-state index in [0.717, 1.165) is 5.92 Å². The minimum absolute atomic E-state index is 0.526. The largest absolute Gasteiger partial charge is 0.0654 e. The predicted octanol–water partition coefficient (Wildman–Crippen LogP) is 10.7. The molecule has 2 atom stereocenters. The zero-order valence-corrected chi connectivity index (χ0v) is 21.0. The fourth-order valence-electron chi connectivity index (χ4n) is 5.46. The Hall–Kier alpha value is 0. The third-order valence-electron chi connectivity index (χ3n) is 7.38. The Morgan fingerprint density at radius 2 is 1.07 bits per heavy atom. The zero-order valence-electron chi connectivity index (χ0n) is 21.0. The van der Waals surface area contributed by atoms with Crippen molar-refractivity contribution in [2.24, 2.45) is 11.3 Å². The predicted molar refractivity (Wildman–Crippen MR) is 131 cm³/mol. The Labute approximate surface area is 181 Å². The van der Waals surface area contributed by atoms with Gasteiger partial charge in [-0.15, -0.1) is 0 Å². The van der Waals surface area contributed by atoms with Crippen molar-refractivity contribution in [1.82, 2.24) is 0 Å². The van der Waals surface area contributed by atoms with Crippen LogP contribution < -0.4 is 0 Å². The highest BCUT2D eigenvalue weighted by molar-refractivity contribution is 5.08. The number of hydrogen-bond acceptors (Lipinski definition) is 0. The van der Waals surface area contributed by atoms with Crippen molar-refractivity contribution in [3.05, 3.63) is 5.92 Å². The van der Waals surface area contributed by atoms with Gasteiger partial charge in [0.05, 0.1) is 0 Å². The molecule has 0 rings (SSSR count). The molecule has 28 heavy (non-hydrogen) atoms. The SMILES string of the molecule is CCCCCCCCCC(C)C(CC)(CCC)[C](CCCC)CCCCCC. The second-order valence-corrected chi connectivity index (χ2v) is 9.59. The lowest BCUT2D eigenvalue weighted by Crippen LogP contribution is -2.35. The van der Waals surface area contributed by atoms with Crippen LogP contribution >= 0.6 is 0 Å². The lowest BCUT2D eigenvalue weighted by molar-refractivity contribution is 0.134. The smallest absolute Gasteiger partial charge is 0.0177 e. The molecule has 0 aromatic heterocycles. The van der Waals surface area contributed by atoms with Crippen molar-refractivity contribution in [3.8, 4) is 0 Å². The Bertz CT molecular complexity index is 307. The Kier molecular flexibility index (Phi) is 19.0. The summed E-state index contributed by atoms with van der Waals surface area (Å²) in [6.45, 7) is 14.5. The van der Waals surface area contributed by atoms with E-state index in [4.69, 9.17) is 0 Å². The molecule has 0 aliphatic rings. The van der Waals surface area contributed by atoms with Gasteiger partial charge in [0.2, 0.25) is 0 Å². The van der Waals surface area contributed by atoms with Gasteiger partial charge in [-0.05, 0) is 42.9 Å². The summed E-state index contributed by atoms with van der Waals surface area (Å²) in [5.41, 5.74) is 0.526. The number of hydrogen-bond donors (Lipinski definition) is 0. The second kappa shape index (κ2) is 19.0. The lowest BCUT2D eigenvalue weighted by Gasteiger charge is -2.46. The first kappa shape index (κ1) is 28.0. The molecule has 1 radical (unpaired) electrons. The Balaban J connectivity index is 4.82. The maximum Gasteiger partial charge on any atom is -0.0177 e. The molecule has 0 saturated heterocycles. The van der Waals surface area contributed by atoms with Gasteiger partial charge in [-0.1, -0.05) is 138 Å². The van der Waals surface area contributed by atoms with Crippen LogP contribution in [0.1, 0.15) is 164 Å². The average Bonchev–Trinajstić information content (AvgIpc) is 2.71. The van der Waals surface area contributed by atoms with E-state index < -0.39 is 0 Å². The Morgan fingerprint density at radius 1 is 0.571 bits per heavy atom. The summed E-state index contributed by atoms with van der Waals surface area (Å²) < 4.78 is 0. The molecule has 0 saturated carbocycles. The van der Waals surface area contributed by atoms with E-state index in [2.05, 4.69) is 41.5 Å². The van der Waals surface area contributed by atoms with E-state index in [1.165, 1.54) is 122 Å². The third kappa shape index (κ3) is 11.3. The molecule has 0 aromatic rings. The topological polar surface area (TPSA) is 0 Å². The van der Waals surface area contributed by atoms with Crippen LogP contribution in [0.4, 0.5) is 0 Å². The second-order valence-electron chi connectivity index (χ2n) is 9.59. The average molecular weight is 394 g/mol. The van der Waals surface area contributed by atoms with E-state index in [1.807, 2.05) is 5.92 Å². The van der Waals surface area contributed by atoms with Crippen molar-refractivity contribution >= 4 is 0 Å². The lowest BCUT2D eigenvalue weighted by atomic mass is 9.59. The molecule has 0 spiro atoms. The summed E-state index contributed by atoms with van der Waals surface area (Å²) in [5, 5.41) is 0. The monoisotopic (exact) mass is 393 g/mol. The molecule has 0 aliphatic carbocycles. The molecule has 0 amide bonds. The molecule has 0 bridgehead atoms. The summed E-state index contributed by atoms with van der Waals surface area (Å²) >= 11 is 0. The van der Waals surface area contributed by atoms with Gasteiger partial charge in [0.25, 0.3) is 0 Å². The minimum atomic E-state index is 0.526. The molecule has 0 heteroatoms. The molecule has 0 nitrogen and oxygen atoms in total. The summed E-state index contributed by atoms with van der Waals surface area (Å²) in [5.74, 6) is 2.83. The first-order valence-corrected chi connectivity index (χ1v) is 13.5. The van der Waals surface area contributed by atoms with E-state index >= 15 is 0 Å². The molecular weight excluding hydrogens is 336 g/mol. The molecule has 0 N–H and O–H groups in total. The van der Waals surface area contributed by atoms with E-state index in [0.29, 0.717) is 5.41 Å². The molecular formula is C28H57. The normalized spacial score (nSPS) is 15.1. The van der Waals surface area contributed by atoms with Crippen LogP contribution in [0, 0.1) is 17.3 Å². The highest BCUT2D eigenvalue weighted by atomic mass is 14.4. The van der Waals surface area contributed by atoms with E-state index in [1.54, 1.807) is 0 Å². The van der Waals surface area contributed by atoms with Crippen molar-refractivity contribution in [1.29, 1.82) is 0 Å². The maximum absolute atomic E-state index is 2.61. The molecule has 0 aromatic carbocycles. The van der Waals surface area contributed by atoms with Crippen molar-refractivity contribution in [3.63, 3.8) is 0 Å². The fraction of sp³-hybridized carbons (Fsp3) is 0.964. The third-order valence-corrected chi connectivity index (χ3v) is 7.38. The van der Waals surface area contributed by atoms with Crippen molar-refractivity contribution in [2.75, 3.05) is 0 Å². The van der Waals surface area contributed by atoms with Crippen LogP contribution in [-0.4, -0.2) is 0 Å². The number of unbranched alkanes of at least 4 members (excludes halogenated alkanes) is 10. The van der Waals surface area contributed by atoms with Crippen molar-refractivity contribution in [2.45, 2.75) is 164 Å². The molecule has 0 heterocycles. The van der Waals surface area contributed by atoms with Crippen LogP contribution in [0.25, 0.3) is 0 Å². The van der Waals surface area contributed by atoms with Crippen LogP contribution in [0.3, 0.4) is 0 Å². The molecule has 169 valence electrons. The standard InChI is InChI=1S/C28H57/c1-7-12-15-17-18-19-20-22-26(6)28(11-5,25-10-4)27(23-14-9-3)24-21-16-13-8-2/h26H,7-25H2,1-6H3. The van der Waals surface area contributed by atoms with Crippen LogP contribution in [-0.2, 0) is 0 Å². The van der Waals surface area contributed by atoms with Crippen LogP contribution in [0.2, 0.25) is 0 Å². The van der Waals surface area contributed by atoms with Crippen LogP contribution in [0.15, 0.2) is 0 Å². The highest BCUT2D eigenvalue weighted by Gasteiger charge is 2.40. The fourth-order valence-corrected chi connectivity index (χ4v) is 5.46. The maximum atomic E-state index is 2.61. The zero-order chi connectivity index (χ0) is 21.1. The summed E-state index contributed by atoms with van der Waals surface area (Å²) in [4.78, 5) is 0. The molecule has 0 fully saturated rings. The van der Waals surface area contributed by atoms with Gasteiger partial charge < -0.3 is 0 Å². The number of rotatable bonds is 21. The minimum Gasteiger partial charge on any atom is -0.0654 e. The Morgan fingerprint density at radius 3 is 1.61 bits per heavy atom. The summed E-state index contributed by atoms with van der Waals surface area (Å²) in [6, 6.07) is 0. The first-order valence-electron chi connectivity index (χ1n) is 13.5. The van der Waals surface area contributed by atoms with Gasteiger partial charge in [-0.3, -0.25) is 0 Å². The van der Waals surface area contributed by atoms with Gasteiger partial charge >= 0.3 is 0 Å². The van der Waals surface area contributed by atoms with E-state index in [-0.39, 0.29) is 0 Å². The van der Waals surface area contributed by atoms with Gasteiger partial charge in [0.15, 0.2) is 0 Å². The van der Waals surface area contributed by atoms with Crippen LogP contribution in [0.5, 0.6) is 0 Å². The first-order chi connectivity index (χ1) is 13.6. The van der Waals surface area contributed by atoms with Gasteiger partial charge in [0, 0.05) is 0 Å². The summed E-state index contributed by atoms with van der Waals surface area (Å²) in [7, 11) is 0. The highest BCUT2D eigenvalue weighted by Crippen LogP contribution is 2.51. The summed E-state index contributed by atoms with van der Waals surface area (Å²) in [6.07, 6.45) is 26.9. The molecule has 2 unspecified atom stereocenters. The quantitative estimate of drug-likeness (QED) is 0.170. The van der Waals surface area contributed by atoms with Gasteiger partial charge in [-0.2, -0.15) is 0 Å². The van der Waals surface area contributed by atoms with E-state index in [9.17, 15) is 0 Å². The van der Waals surface area contributed by atoms with Gasteiger partial charge in [0.1, 0.15) is 0 Å². The molecule has 0 aliphatic heterocycles.